The third kappa shape index (κ3) is 4.37. The van der Waals surface area contributed by atoms with Gasteiger partial charge in [0.15, 0.2) is 5.82 Å². The van der Waals surface area contributed by atoms with Gasteiger partial charge in [0.1, 0.15) is 0 Å². The third-order valence-corrected chi connectivity index (χ3v) is 4.07. The summed E-state index contributed by atoms with van der Waals surface area (Å²) < 4.78 is 10.7. The number of ether oxygens (including phenoxy) is 1. The molecule has 124 valence electrons. The molecule has 0 aliphatic carbocycles. The fraction of sp³-hybridized carbons (Fsp3) is 0.529. The van der Waals surface area contributed by atoms with Gasteiger partial charge in [-0.1, -0.05) is 35.5 Å². The zero-order valence-corrected chi connectivity index (χ0v) is 13.4. The van der Waals surface area contributed by atoms with Gasteiger partial charge in [0.05, 0.1) is 25.4 Å². The van der Waals surface area contributed by atoms with E-state index in [1.54, 1.807) is 6.92 Å². The number of hydrogen-bond donors (Lipinski definition) is 1. The molecule has 3 rings (SSSR count). The Kier molecular flexibility index (Phi) is 5.38. The molecule has 6 nitrogen and oxygen atoms in total. The lowest BCUT2D eigenvalue weighted by atomic mass is 10.2. The Morgan fingerprint density at radius 3 is 2.96 bits per heavy atom. The number of likely N-dealkylation sites (tertiary alicyclic amines) is 1. The van der Waals surface area contributed by atoms with Gasteiger partial charge in [-0.05, 0) is 24.9 Å². The molecule has 1 aliphatic heterocycles. The molecule has 0 saturated carbocycles. The van der Waals surface area contributed by atoms with Gasteiger partial charge in [-0.15, -0.1) is 0 Å². The third-order valence-electron chi connectivity index (χ3n) is 4.07. The predicted molar refractivity (Wildman–Crippen MR) is 84.7 cm³/mol. The maximum atomic E-state index is 10.2. The number of rotatable bonds is 7. The summed E-state index contributed by atoms with van der Waals surface area (Å²) in [6.45, 7) is 4.14. The summed E-state index contributed by atoms with van der Waals surface area (Å²) in [6.07, 6.45) is 1.55. The number of benzene rings is 1. The van der Waals surface area contributed by atoms with Crippen molar-refractivity contribution in [2.24, 2.45) is 0 Å². The highest BCUT2D eigenvalue weighted by Crippen LogP contribution is 2.30. The van der Waals surface area contributed by atoms with Crippen molar-refractivity contribution < 1.29 is 14.4 Å². The van der Waals surface area contributed by atoms with Gasteiger partial charge >= 0.3 is 0 Å². The van der Waals surface area contributed by atoms with Crippen molar-refractivity contribution in [3.63, 3.8) is 0 Å². The quantitative estimate of drug-likeness (QED) is 0.843. The molecule has 1 aliphatic rings. The zero-order chi connectivity index (χ0) is 16.1. The number of aliphatic hydroxyl groups excluding tert-OH is 1. The van der Waals surface area contributed by atoms with Crippen molar-refractivity contribution in [2.75, 3.05) is 19.7 Å². The standard InChI is InChI=1S/C17H23N3O3/c1-13-18-17(19-23-13)16-8-5-9-20(16)10-15(21)12-22-11-14-6-3-2-4-7-14/h2-4,6-7,15-16,21H,5,8-12H2,1H3/t15-,16-/m1/s1. The predicted octanol–water partition coefficient (Wildman–Crippen LogP) is 2.09. The van der Waals surface area contributed by atoms with Crippen LogP contribution in [0, 0.1) is 6.92 Å². The number of aryl methyl sites for hydroxylation is 1. The minimum Gasteiger partial charge on any atom is -0.389 e. The highest BCUT2D eigenvalue weighted by molar-refractivity contribution is 5.13. The minimum absolute atomic E-state index is 0.135. The summed E-state index contributed by atoms with van der Waals surface area (Å²) in [5.41, 5.74) is 1.11. The fourth-order valence-electron chi connectivity index (χ4n) is 3.00. The number of aromatic nitrogens is 2. The van der Waals surface area contributed by atoms with E-state index in [0.717, 1.165) is 30.8 Å². The van der Waals surface area contributed by atoms with E-state index >= 15 is 0 Å². The van der Waals surface area contributed by atoms with Crippen LogP contribution in [0.4, 0.5) is 0 Å². The minimum atomic E-state index is -0.521. The highest BCUT2D eigenvalue weighted by Gasteiger charge is 2.30. The zero-order valence-electron chi connectivity index (χ0n) is 13.4. The van der Waals surface area contributed by atoms with Gasteiger partial charge < -0.3 is 14.4 Å². The molecule has 0 bridgehead atoms. The smallest absolute Gasteiger partial charge is 0.223 e. The summed E-state index contributed by atoms with van der Waals surface area (Å²) in [5.74, 6) is 1.30. The fourth-order valence-corrected chi connectivity index (χ4v) is 3.00. The van der Waals surface area contributed by atoms with E-state index in [2.05, 4.69) is 15.0 Å². The molecule has 23 heavy (non-hydrogen) atoms. The second kappa shape index (κ2) is 7.68. The summed E-state index contributed by atoms with van der Waals surface area (Å²) in [5, 5.41) is 14.2. The van der Waals surface area contributed by atoms with Crippen LogP contribution in [0.25, 0.3) is 0 Å². The first-order valence-corrected chi connectivity index (χ1v) is 8.06. The molecule has 1 saturated heterocycles. The molecule has 1 fully saturated rings. The Morgan fingerprint density at radius 1 is 1.39 bits per heavy atom. The first-order chi connectivity index (χ1) is 11.2. The Hall–Kier alpha value is -1.76. The Morgan fingerprint density at radius 2 is 2.22 bits per heavy atom. The van der Waals surface area contributed by atoms with Gasteiger partial charge in [-0.25, -0.2) is 0 Å². The highest BCUT2D eigenvalue weighted by atomic mass is 16.5. The van der Waals surface area contributed by atoms with Crippen LogP contribution >= 0.6 is 0 Å². The van der Waals surface area contributed by atoms with Crippen molar-refractivity contribution in [3.8, 4) is 0 Å². The van der Waals surface area contributed by atoms with Crippen molar-refractivity contribution in [1.29, 1.82) is 0 Å². The molecule has 2 atom stereocenters. The molecule has 0 amide bonds. The summed E-state index contributed by atoms with van der Waals surface area (Å²) in [6, 6.07) is 10.1. The second-order valence-corrected chi connectivity index (χ2v) is 5.98. The Labute approximate surface area is 136 Å². The van der Waals surface area contributed by atoms with E-state index in [1.807, 2.05) is 30.3 Å². The van der Waals surface area contributed by atoms with Crippen LogP contribution in [0.2, 0.25) is 0 Å². The number of hydrogen-bond acceptors (Lipinski definition) is 6. The van der Waals surface area contributed by atoms with E-state index in [4.69, 9.17) is 9.26 Å². The van der Waals surface area contributed by atoms with E-state index in [1.165, 1.54) is 0 Å². The van der Waals surface area contributed by atoms with Crippen LogP contribution in [-0.4, -0.2) is 45.9 Å². The lowest BCUT2D eigenvalue weighted by Gasteiger charge is -2.24. The number of nitrogens with zero attached hydrogens (tertiary/aromatic N) is 3. The molecule has 0 spiro atoms. The maximum Gasteiger partial charge on any atom is 0.223 e. The monoisotopic (exact) mass is 317 g/mol. The largest absolute Gasteiger partial charge is 0.389 e. The summed E-state index contributed by atoms with van der Waals surface area (Å²) in [4.78, 5) is 6.53. The van der Waals surface area contributed by atoms with E-state index in [0.29, 0.717) is 25.6 Å². The van der Waals surface area contributed by atoms with Gasteiger partial charge in [-0.2, -0.15) is 4.98 Å². The Bertz CT molecular complexity index is 602. The molecular weight excluding hydrogens is 294 g/mol. The molecule has 0 unspecified atom stereocenters. The van der Waals surface area contributed by atoms with Crippen LogP contribution in [-0.2, 0) is 11.3 Å². The van der Waals surface area contributed by atoms with Crippen molar-refractivity contribution >= 4 is 0 Å². The maximum absolute atomic E-state index is 10.2. The topological polar surface area (TPSA) is 71.6 Å². The Balaban J connectivity index is 1.46. The molecule has 0 radical (unpaired) electrons. The number of aliphatic hydroxyl groups is 1. The van der Waals surface area contributed by atoms with E-state index in [9.17, 15) is 5.11 Å². The van der Waals surface area contributed by atoms with Crippen LogP contribution in [0.5, 0.6) is 0 Å². The second-order valence-electron chi connectivity index (χ2n) is 5.98. The van der Waals surface area contributed by atoms with E-state index < -0.39 is 6.10 Å². The van der Waals surface area contributed by atoms with Gasteiger partial charge in [-0.3, -0.25) is 4.90 Å². The van der Waals surface area contributed by atoms with Crippen LogP contribution in [0.3, 0.4) is 0 Å². The normalized spacial score (nSPS) is 20.0. The molecule has 1 N–H and O–H groups in total. The molecule has 1 aromatic carbocycles. The molecule has 6 heteroatoms. The van der Waals surface area contributed by atoms with Crippen LogP contribution in [0.15, 0.2) is 34.9 Å². The van der Waals surface area contributed by atoms with Crippen molar-refractivity contribution in [1.82, 2.24) is 15.0 Å². The molecule has 1 aromatic heterocycles. The number of β-amino-alcohol motifs (C(OH)–C–C–N with tert-alkyl or cyclic N) is 1. The molecular formula is C17H23N3O3. The first-order valence-electron chi connectivity index (χ1n) is 8.06. The van der Waals surface area contributed by atoms with Gasteiger partial charge in [0.25, 0.3) is 0 Å². The SMILES string of the molecule is Cc1nc([C@H]2CCCN2C[C@@H](O)COCc2ccccc2)no1. The average molecular weight is 317 g/mol. The van der Waals surface area contributed by atoms with Gasteiger partial charge in [0, 0.05) is 13.5 Å². The van der Waals surface area contributed by atoms with Crippen LogP contribution in [0.1, 0.15) is 36.2 Å². The summed E-state index contributed by atoms with van der Waals surface area (Å²) >= 11 is 0. The lowest BCUT2D eigenvalue weighted by molar-refractivity contribution is 0.00710. The van der Waals surface area contributed by atoms with Crippen LogP contribution < -0.4 is 0 Å². The molecule has 2 heterocycles. The lowest BCUT2D eigenvalue weighted by Crippen LogP contribution is -2.35. The van der Waals surface area contributed by atoms with Crippen molar-refractivity contribution in [2.45, 2.75) is 38.5 Å². The average Bonchev–Trinajstić information content (AvgIpc) is 3.17. The van der Waals surface area contributed by atoms with Gasteiger partial charge in [0.2, 0.25) is 5.89 Å². The van der Waals surface area contributed by atoms with Crippen molar-refractivity contribution in [3.05, 3.63) is 47.6 Å². The molecule has 2 aromatic rings. The van der Waals surface area contributed by atoms with E-state index in [-0.39, 0.29) is 6.04 Å². The summed E-state index contributed by atoms with van der Waals surface area (Å²) in [7, 11) is 0. The first kappa shape index (κ1) is 16.1.